The number of benzene rings is 1. The highest BCUT2D eigenvalue weighted by molar-refractivity contribution is 5.94. The summed E-state index contributed by atoms with van der Waals surface area (Å²) >= 11 is 0. The van der Waals surface area contributed by atoms with E-state index in [1.165, 1.54) is 30.5 Å². The number of aromatic nitrogens is 1. The molecule has 1 aromatic heterocycles. The number of carbonyl (C=O) groups excluding carboxylic acids is 1. The molecule has 25 heavy (non-hydrogen) atoms. The van der Waals surface area contributed by atoms with E-state index in [2.05, 4.69) is 4.98 Å². The fourth-order valence-electron chi connectivity index (χ4n) is 2.73. The number of nitro benzene ring substituents is 1. The zero-order chi connectivity index (χ0) is 18.4. The van der Waals surface area contributed by atoms with Crippen molar-refractivity contribution >= 4 is 11.5 Å². The molecule has 8 heteroatoms. The standard InChI is InChI=1S/C17H17N3O5/c1-2-16(20(24)25)14(11-17(21)15-5-3-4-10-18-15)12-6-8-13(9-7-12)19(22)23/h3-10,14,16H,2,11H2,1H3/t14-,16-/m0/s1. The average Bonchev–Trinajstić information content (AvgIpc) is 2.62. The fraction of sp³-hybridized carbons (Fsp3) is 0.294. The molecule has 8 nitrogen and oxygen atoms in total. The van der Waals surface area contributed by atoms with Crippen molar-refractivity contribution in [2.45, 2.75) is 31.7 Å². The van der Waals surface area contributed by atoms with Crippen molar-refractivity contribution in [3.63, 3.8) is 0 Å². The predicted molar refractivity (Wildman–Crippen MR) is 90.1 cm³/mol. The van der Waals surface area contributed by atoms with Crippen molar-refractivity contribution in [1.29, 1.82) is 0 Å². The first-order chi connectivity index (χ1) is 11.9. The minimum absolute atomic E-state index is 0.0890. The zero-order valence-corrected chi connectivity index (χ0v) is 13.6. The number of hydrogen-bond acceptors (Lipinski definition) is 6. The van der Waals surface area contributed by atoms with Crippen molar-refractivity contribution in [1.82, 2.24) is 4.98 Å². The Morgan fingerprint density at radius 2 is 1.80 bits per heavy atom. The van der Waals surface area contributed by atoms with Crippen LogP contribution < -0.4 is 0 Å². The summed E-state index contributed by atoms with van der Waals surface area (Å²) in [7, 11) is 0. The van der Waals surface area contributed by atoms with E-state index in [9.17, 15) is 25.0 Å². The van der Waals surface area contributed by atoms with E-state index in [4.69, 9.17) is 0 Å². The summed E-state index contributed by atoms with van der Waals surface area (Å²) in [6.45, 7) is 1.68. The van der Waals surface area contributed by atoms with Gasteiger partial charge >= 0.3 is 0 Å². The maximum atomic E-state index is 12.5. The van der Waals surface area contributed by atoms with Crippen LogP contribution in [0.3, 0.4) is 0 Å². The molecular weight excluding hydrogens is 326 g/mol. The highest BCUT2D eigenvalue weighted by Crippen LogP contribution is 2.30. The van der Waals surface area contributed by atoms with E-state index in [-0.39, 0.29) is 30.0 Å². The minimum Gasteiger partial charge on any atom is -0.292 e. The average molecular weight is 343 g/mol. The number of nitrogens with zero attached hydrogens (tertiary/aromatic N) is 3. The third-order valence-electron chi connectivity index (χ3n) is 4.04. The Morgan fingerprint density at radius 3 is 2.28 bits per heavy atom. The van der Waals surface area contributed by atoms with Gasteiger partial charge in [0.2, 0.25) is 6.04 Å². The van der Waals surface area contributed by atoms with Crippen molar-refractivity contribution in [3.05, 3.63) is 80.1 Å². The Bertz CT molecular complexity index is 762. The second-order valence-corrected chi connectivity index (χ2v) is 5.56. The number of non-ortho nitro benzene ring substituents is 1. The smallest absolute Gasteiger partial charge is 0.269 e. The summed E-state index contributed by atoms with van der Waals surface area (Å²) in [5.74, 6) is -0.987. The van der Waals surface area contributed by atoms with Gasteiger partial charge in [-0.25, -0.2) is 0 Å². The molecule has 0 saturated carbocycles. The fourth-order valence-corrected chi connectivity index (χ4v) is 2.73. The Kier molecular flexibility index (Phi) is 5.89. The van der Waals surface area contributed by atoms with Crippen LogP contribution in [0.15, 0.2) is 48.7 Å². The molecule has 0 radical (unpaired) electrons. The van der Waals surface area contributed by atoms with E-state index in [1.54, 1.807) is 25.1 Å². The van der Waals surface area contributed by atoms with Gasteiger partial charge in [0.25, 0.3) is 5.69 Å². The van der Waals surface area contributed by atoms with Gasteiger partial charge in [-0.1, -0.05) is 25.1 Å². The van der Waals surface area contributed by atoms with E-state index >= 15 is 0 Å². The molecule has 0 N–H and O–H groups in total. The molecule has 0 saturated heterocycles. The van der Waals surface area contributed by atoms with E-state index in [0.29, 0.717) is 5.56 Å². The molecule has 1 aromatic carbocycles. The van der Waals surface area contributed by atoms with Crippen LogP contribution in [-0.4, -0.2) is 26.7 Å². The highest BCUT2D eigenvalue weighted by Gasteiger charge is 2.33. The summed E-state index contributed by atoms with van der Waals surface area (Å²) in [6, 6.07) is 9.47. The van der Waals surface area contributed by atoms with Crippen LogP contribution >= 0.6 is 0 Å². The third-order valence-corrected chi connectivity index (χ3v) is 4.04. The molecule has 1 heterocycles. The Morgan fingerprint density at radius 1 is 1.12 bits per heavy atom. The normalized spacial score (nSPS) is 13.0. The molecule has 0 aliphatic carbocycles. The summed E-state index contributed by atoms with van der Waals surface area (Å²) in [5.41, 5.74) is 0.666. The molecule has 0 fully saturated rings. The molecule has 0 aliphatic heterocycles. The molecule has 0 spiro atoms. The lowest BCUT2D eigenvalue weighted by molar-refractivity contribution is -0.527. The zero-order valence-electron chi connectivity index (χ0n) is 13.6. The number of pyridine rings is 1. The van der Waals surface area contributed by atoms with Gasteiger partial charge in [-0.3, -0.25) is 30.0 Å². The van der Waals surface area contributed by atoms with Gasteiger partial charge in [-0.05, 0) is 17.7 Å². The first kappa shape index (κ1) is 18.2. The quantitative estimate of drug-likeness (QED) is 0.412. The van der Waals surface area contributed by atoms with Gasteiger partial charge in [-0.15, -0.1) is 0 Å². The number of Topliss-reactive ketones (excluding diaryl/α,β-unsaturated/α-hetero) is 1. The van der Waals surface area contributed by atoms with Crippen LogP contribution in [0.2, 0.25) is 0 Å². The largest absolute Gasteiger partial charge is 0.292 e. The third kappa shape index (κ3) is 4.43. The second-order valence-electron chi connectivity index (χ2n) is 5.56. The number of ketones is 1. The van der Waals surface area contributed by atoms with Crippen LogP contribution in [-0.2, 0) is 0 Å². The maximum Gasteiger partial charge on any atom is 0.269 e. The summed E-state index contributed by atoms with van der Waals surface area (Å²) in [6.07, 6.45) is 1.64. The number of carbonyl (C=O) groups is 1. The minimum atomic E-state index is -0.964. The number of hydrogen-bond donors (Lipinski definition) is 0. The summed E-state index contributed by atoms with van der Waals surface area (Å²) in [4.78, 5) is 37.7. The van der Waals surface area contributed by atoms with Crippen molar-refractivity contribution in [2.24, 2.45) is 0 Å². The lowest BCUT2D eigenvalue weighted by atomic mass is 9.85. The van der Waals surface area contributed by atoms with Crippen LogP contribution in [0.5, 0.6) is 0 Å². The first-order valence-electron chi connectivity index (χ1n) is 7.76. The van der Waals surface area contributed by atoms with E-state index in [1.807, 2.05) is 0 Å². The Balaban J connectivity index is 2.34. The van der Waals surface area contributed by atoms with Gasteiger partial charge in [0.1, 0.15) is 5.69 Å². The highest BCUT2D eigenvalue weighted by atomic mass is 16.6. The summed E-state index contributed by atoms with van der Waals surface area (Å²) in [5, 5.41) is 22.2. The number of rotatable bonds is 8. The van der Waals surface area contributed by atoms with Crippen LogP contribution in [0.4, 0.5) is 5.69 Å². The van der Waals surface area contributed by atoms with Crippen molar-refractivity contribution in [2.75, 3.05) is 0 Å². The van der Waals surface area contributed by atoms with Gasteiger partial charge in [0, 0.05) is 36.1 Å². The SMILES string of the molecule is CC[C@@H]([C@@H](CC(=O)c1ccccn1)c1ccc([N+](=O)[O-])cc1)[N+](=O)[O-]. The first-order valence-corrected chi connectivity index (χ1v) is 7.76. The van der Waals surface area contributed by atoms with E-state index in [0.717, 1.165) is 0 Å². The van der Waals surface area contributed by atoms with Gasteiger partial charge in [0.15, 0.2) is 5.78 Å². The molecule has 2 atom stereocenters. The van der Waals surface area contributed by atoms with Gasteiger partial charge < -0.3 is 0 Å². The molecule has 0 amide bonds. The molecule has 2 aromatic rings. The predicted octanol–water partition coefficient (Wildman–Crippen LogP) is 3.40. The van der Waals surface area contributed by atoms with Crippen LogP contribution in [0.25, 0.3) is 0 Å². The molecule has 130 valence electrons. The van der Waals surface area contributed by atoms with E-state index < -0.39 is 21.8 Å². The van der Waals surface area contributed by atoms with Crippen LogP contribution in [0, 0.1) is 20.2 Å². The molecule has 0 bridgehead atoms. The number of nitro groups is 2. The monoisotopic (exact) mass is 343 g/mol. The second kappa shape index (κ2) is 8.09. The molecule has 2 rings (SSSR count). The summed E-state index contributed by atoms with van der Waals surface area (Å²) < 4.78 is 0. The Hall–Kier alpha value is -3.16. The lowest BCUT2D eigenvalue weighted by Crippen LogP contribution is -2.29. The topological polar surface area (TPSA) is 116 Å². The molecule has 0 aliphatic rings. The van der Waals surface area contributed by atoms with Crippen LogP contribution in [0.1, 0.15) is 41.7 Å². The molecular formula is C17H17N3O5. The Labute approximate surface area is 143 Å². The van der Waals surface area contributed by atoms with Crippen molar-refractivity contribution in [3.8, 4) is 0 Å². The van der Waals surface area contributed by atoms with Gasteiger partial charge in [0.05, 0.1) is 10.8 Å². The molecule has 0 unspecified atom stereocenters. The maximum absolute atomic E-state index is 12.5. The van der Waals surface area contributed by atoms with Crippen molar-refractivity contribution < 1.29 is 14.6 Å². The lowest BCUT2D eigenvalue weighted by Gasteiger charge is -2.19. The van der Waals surface area contributed by atoms with Gasteiger partial charge in [-0.2, -0.15) is 0 Å².